The quantitative estimate of drug-likeness (QED) is 0.729. The fraction of sp³-hybridized carbons (Fsp3) is 0.706. The lowest BCUT2D eigenvalue weighted by molar-refractivity contribution is -0.132. The number of aryl methyl sites for hydroxylation is 1. The second-order valence-electron chi connectivity index (χ2n) is 6.74. The van der Waals surface area contributed by atoms with E-state index in [1.54, 1.807) is 11.8 Å². The first-order valence-electron chi connectivity index (χ1n) is 8.27. The van der Waals surface area contributed by atoms with Crippen LogP contribution in [0.3, 0.4) is 0 Å². The maximum absolute atomic E-state index is 12.4. The van der Waals surface area contributed by atoms with Crippen molar-refractivity contribution in [3.8, 4) is 0 Å². The van der Waals surface area contributed by atoms with Gasteiger partial charge in [-0.05, 0) is 38.3 Å². The van der Waals surface area contributed by atoms with Gasteiger partial charge in [0.15, 0.2) is 0 Å². The zero-order chi connectivity index (χ0) is 17.2. The molecular formula is C17H27NO4S. The van der Waals surface area contributed by atoms with Crippen LogP contribution in [0.2, 0.25) is 0 Å². The molecule has 2 rings (SSSR count). The van der Waals surface area contributed by atoms with E-state index in [0.29, 0.717) is 31.2 Å². The predicted molar refractivity (Wildman–Crippen MR) is 90.1 cm³/mol. The minimum absolute atomic E-state index is 0.00293. The van der Waals surface area contributed by atoms with Gasteiger partial charge in [0, 0.05) is 37.6 Å². The van der Waals surface area contributed by atoms with Crippen LogP contribution in [0.1, 0.15) is 51.1 Å². The molecule has 0 unspecified atom stereocenters. The SMILES string of the molecule is CCN(C(=O)CCc1ccc([C@@H]2C[C@H]2C)o1)[C@H](C)CS(C)(=O)=O. The highest BCUT2D eigenvalue weighted by Gasteiger charge is 2.36. The van der Waals surface area contributed by atoms with Gasteiger partial charge in [-0.2, -0.15) is 0 Å². The summed E-state index contributed by atoms with van der Waals surface area (Å²) in [4.78, 5) is 14.0. The van der Waals surface area contributed by atoms with Gasteiger partial charge < -0.3 is 9.32 Å². The van der Waals surface area contributed by atoms with Gasteiger partial charge >= 0.3 is 0 Å². The molecule has 0 bridgehead atoms. The third-order valence-electron chi connectivity index (χ3n) is 4.48. The lowest BCUT2D eigenvalue weighted by Crippen LogP contribution is -2.42. The Morgan fingerprint density at radius 1 is 1.43 bits per heavy atom. The third-order valence-corrected chi connectivity index (χ3v) is 5.57. The van der Waals surface area contributed by atoms with E-state index in [9.17, 15) is 13.2 Å². The molecule has 6 heteroatoms. The molecule has 0 aliphatic heterocycles. The summed E-state index contributed by atoms with van der Waals surface area (Å²) in [5.74, 6) is 3.07. The molecule has 0 N–H and O–H groups in total. The van der Waals surface area contributed by atoms with Gasteiger partial charge in [0.25, 0.3) is 0 Å². The average Bonchev–Trinajstić information content (AvgIpc) is 2.98. The Balaban J connectivity index is 1.88. The zero-order valence-electron chi connectivity index (χ0n) is 14.4. The first-order valence-corrected chi connectivity index (χ1v) is 10.3. The van der Waals surface area contributed by atoms with E-state index >= 15 is 0 Å². The van der Waals surface area contributed by atoms with E-state index in [0.717, 1.165) is 11.5 Å². The molecule has 1 aromatic rings. The summed E-state index contributed by atoms with van der Waals surface area (Å²) >= 11 is 0. The molecule has 0 radical (unpaired) electrons. The van der Waals surface area contributed by atoms with Gasteiger partial charge in [-0.1, -0.05) is 6.92 Å². The van der Waals surface area contributed by atoms with Crippen molar-refractivity contribution in [2.24, 2.45) is 5.92 Å². The number of nitrogens with zero attached hydrogens (tertiary/aromatic N) is 1. The molecular weight excluding hydrogens is 314 g/mol. The highest BCUT2D eigenvalue weighted by Crippen LogP contribution is 2.47. The van der Waals surface area contributed by atoms with Crippen molar-refractivity contribution in [3.05, 3.63) is 23.7 Å². The van der Waals surface area contributed by atoms with Crippen molar-refractivity contribution >= 4 is 15.7 Å². The summed E-state index contributed by atoms with van der Waals surface area (Å²) < 4.78 is 28.6. The Bertz CT molecular complexity index is 649. The van der Waals surface area contributed by atoms with Crippen LogP contribution in [0, 0.1) is 5.92 Å². The molecule has 1 aliphatic rings. The second-order valence-corrected chi connectivity index (χ2v) is 8.93. The molecule has 0 saturated heterocycles. The molecule has 1 heterocycles. The summed E-state index contributed by atoms with van der Waals surface area (Å²) in [5, 5.41) is 0. The van der Waals surface area contributed by atoms with Crippen molar-refractivity contribution in [1.29, 1.82) is 0 Å². The van der Waals surface area contributed by atoms with Crippen LogP contribution in [0.5, 0.6) is 0 Å². The van der Waals surface area contributed by atoms with Gasteiger partial charge in [0.2, 0.25) is 5.91 Å². The Morgan fingerprint density at radius 2 is 2.09 bits per heavy atom. The summed E-state index contributed by atoms with van der Waals surface area (Å²) in [7, 11) is -3.10. The molecule has 1 aliphatic carbocycles. The highest BCUT2D eigenvalue weighted by molar-refractivity contribution is 7.90. The van der Waals surface area contributed by atoms with Crippen LogP contribution < -0.4 is 0 Å². The maximum Gasteiger partial charge on any atom is 0.223 e. The van der Waals surface area contributed by atoms with Crippen LogP contribution in [0.15, 0.2) is 16.5 Å². The lowest BCUT2D eigenvalue weighted by Gasteiger charge is -2.27. The van der Waals surface area contributed by atoms with Gasteiger partial charge in [-0.15, -0.1) is 0 Å². The summed E-state index contributed by atoms with van der Waals surface area (Å²) in [6.07, 6.45) is 3.28. The number of sulfone groups is 1. The van der Waals surface area contributed by atoms with Gasteiger partial charge in [0.1, 0.15) is 21.4 Å². The number of carbonyl (C=O) groups is 1. The minimum Gasteiger partial charge on any atom is -0.466 e. The summed E-state index contributed by atoms with van der Waals surface area (Å²) in [6.45, 7) is 6.37. The van der Waals surface area contributed by atoms with Gasteiger partial charge in [-0.3, -0.25) is 4.79 Å². The smallest absolute Gasteiger partial charge is 0.223 e. The number of hydrogen-bond acceptors (Lipinski definition) is 4. The molecule has 130 valence electrons. The molecule has 0 aromatic carbocycles. The van der Waals surface area contributed by atoms with Crippen LogP contribution in [-0.4, -0.2) is 43.8 Å². The van der Waals surface area contributed by atoms with Crippen molar-refractivity contribution in [1.82, 2.24) is 4.90 Å². The number of rotatable bonds is 8. The first kappa shape index (κ1) is 18.0. The normalized spacial score (nSPS) is 21.9. The number of furan rings is 1. The molecule has 5 nitrogen and oxygen atoms in total. The lowest BCUT2D eigenvalue weighted by atomic mass is 10.2. The third kappa shape index (κ3) is 5.09. The van der Waals surface area contributed by atoms with Gasteiger partial charge in [0.05, 0.1) is 5.75 Å². The Labute approximate surface area is 139 Å². The van der Waals surface area contributed by atoms with E-state index in [-0.39, 0.29) is 17.7 Å². The molecule has 3 atom stereocenters. The first-order chi connectivity index (χ1) is 10.7. The van der Waals surface area contributed by atoms with Gasteiger partial charge in [-0.25, -0.2) is 8.42 Å². The Morgan fingerprint density at radius 3 is 2.61 bits per heavy atom. The molecule has 1 fully saturated rings. The van der Waals surface area contributed by atoms with Crippen molar-refractivity contribution in [2.45, 2.75) is 52.0 Å². The van der Waals surface area contributed by atoms with E-state index in [1.165, 1.54) is 12.7 Å². The van der Waals surface area contributed by atoms with Crippen molar-refractivity contribution in [3.63, 3.8) is 0 Å². The van der Waals surface area contributed by atoms with E-state index < -0.39 is 9.84 Å². The molecule has 1 saturated carbocycles. The van der Waals surface area contributed by atoms with E-state index in [4.69, 9.17) is 4.42 Å². The molecule has 0 spiro atoms. The highest BCUT2D eigenvalue weighted by atomic mass is 32.2. The summed E-state index contributed by atoms with van der Waals surface area (Å²) in [5.41, 5.74) is 0. The molecule has 1 aromatic heterocycles. The molecule has 1 amide bonds. The summed E-state index contributed by atoms with van der Waals surface area (Å²) in [6, 6.07) is 3.66. The molecule has 23 heavy (non-hydrogen) atoms. The van der Waals surface area contributed by atoms with Crippen LogP contribution >= 0.6 is 0 Å². The fourth-order valence-corrected chi connectivity index (χ4v) is 4.14. The number of hydrogen-bond donors (Lipinski definition) is 0. The zero-order valence-corrected chi connectivity index (χ0v) is 15.2. The van der Waals surface area contributed by atoms with Crippen molar-refractivity contribution < 1.29 is 17.6 Å². The average molecular weight is 341 g/mol. The van der Waals surface area contributed by atoms with E-state index in [1.807, 2.05) is 19.1 Å². The predicted octanol–water partition coefficient (Wildman–Crippen LogP) is 2.62. The Kier molecular flexibility index (Phi) is 5.55. The number of carbonyl (C=O) groups excluding carboxylic acids is 1. The van der Waals surface area contributed by atoms with Crippen LogP contribution in [-0.2, 0) is 21.1 Å². The van der Waals surface area contributed by atoms with Crippen LogP contribution in [0.4, 0.5) is 0 Å². The largest absolute Gasteiger partial charge is 0.466 e. The van der Waals surface area contributed by atoms with E-state index in [2.05, 4.69) is 6.92 Å². The fourth-order valence-electron chi connectivity index (χ4n) is 3.08. The topological polar surface area (TPSA) is 67.6 Å². The monoisotopic (exact) mass is 341 g/mol. The number of amides is 1. The maximum atomic E-state index is 12.4. The second kappa shape index (κ2) is 7.07. The Hall–Kier alpha value is -1.30. The van der Waals surface area contributed by atoms with Crippen LogP contribution in [0.25, 0.3) is 0 Å². The van der Waals surface area contributed by atoms with Crippen molar-refractivity contribution in [2.75, 3.05) is 18.6 Å². The standard InChI is InChI=1S/C17H27NO4S/c1-5-18(13(3)11-23(4,20)21)17(19)9-7-14-6-8-16(22-14)15-10-12(15)2/h6,8,12-13,15H,5,7,9-11H2,1-4H3/t12-,13-,15-/m1/s1. The minimum atomic E-state index is -3.10.